The van der Waals surface area contributed by atoms with Gasteiger partial charge in [-0.1, -0.05) is 12.1 Å². The number of aromatic nitrogens is 2. The molecule has 14 heavy (non-hydrogen) atoms. The van der Waals surface area contributed by atoms with Crippen LogP contribution < -0.4 is 11.2 Å². The van der Waals surface area contributed by atoms with Gasteiger partial charge in [-0.3, -0.25) is 4.79 Å². The summed E-state index contributed by atoms with van der Waals surface area (Å²) in [6, 6.07) is 6.54. The van der Waals surface area contributed by atoms with Gasteiger partial charge >= 0.3 is 5.69 Å². The summed E-state index contributed by atoms with van der Waals surface area (Å²) >= 11 is 0. The fourth-order valence-corrected chi connectivity index (χ4v) is 1.25. The number of rotatable bonds is 0. The van der Waals surface area contributed by atoms with E-state index in [9.17, 15) is 9.59 Å². The molecule has 0 spiro atoms. The first-order chi connectivity index (χ1) is 6.74. The molecule has 0 atom stereocenters. The molecule has 2 aromatic rings. The third-order valence-corrected chi connectivity index (χ3v) is 1.91. The van der Waals surface area contributed by atoms with Crippen LogP contribution in [-0.2, 0) is 0 Å². The van der Waals surface area contributed by atoms with Gasteiger partial charge in [0.05, 0.1) is 10.9 Å². The second-order valence-corrected chi connectivity index (χ2v) is 2.72. The zero-order valence-corrected chi connectivity index (χ0v) is 7.02. The summed E-state index contributed by atoms with van der Waals surface area (Å²) in [5, 5.41) is 8.88. The highest BCUT2D eigenvalue weighted by atomic mass is 16.2. The molecular weight excluding hydrogens is 182 g/mol. The molecule has 0 bridgehead atoms. The van der Waals surface area contributed by atoms with Crippen LogP contribution in [0.2, 0.25) is 0 Å². The van der Waals surface area contributed by atoms with Gasteiger partial charge in [0.25, 0.3) is 5.56 Å². The molecule has 0 aliphatic rings. The van der Waals surface area contributed by atoms with E-state index < -0.39 is 11.2 Å². The Morgan fingerprint density at radius 3 is 2.71 bits per heavy atom. The van der Waals surface area contributed by atoms with E-state index in [1.54, 1.807) is 24.3 Å². The summed E-state index contributed by atoms with van der Waals surface area (Å²) < 4.78 is 0.488. The van der Waals surface area contributed by atoms with Crippen molar-refractivity contribution in [3.63, 3.8) is 0 Å². The molecule has 1 aromatic heterocycles. The lowest BCUT2D eigenvalue weighted by molar-refractivity contribution is 0.917. The summed E-state index contributed by atoms with van der Waals surface area (Å²) in [7, 11) is 0. The maximum absolute atomic E-state index is 11.5. The number of nitrogens with one attached hydrogen (secondary N) is 1. The minimum absolute atomic E-state index is 0.327. The Morgan fingerprint density at radius 1 is 1.29 bits per heavy atom. The molecule has 0 aliphatic heterocycles. The second-order valence-electron chi connectivity index (χ2n) is 2.72. The number of benzene rings is 1. The summed E-state index contributed by atoms with van der Waals surface area (Å²) in [5.41, 5.74) is -0.864. The molecule has 0 amide bonds. The van der Waals surface area contributed by atoms with Crippen LogP contribution in [0, 0.1) is 11.5 Å². The quantitative estimate of drug-likeness (QED) is 0.631. The first-order valence-electron chi connectivity index (χ1n) is 3.88. The Bertz CT molecular complexity index is 645. The van der Waals surface area contributed by atoms with E-state index in [1.165, 1.54) is 6.19 Å². The van der Waals surface area contributed by atoms with Gasteiger partial charge in [0.2, 0.25) is 0 Å². The highest BCUT2D eigenvalue weighted by Crippen LogP contribution is 2.02. The zero-order valence-electron chi connectivity index (χ0n) is 7.02. The van der Waals surface area contributed by atoms with Gasteiger partial charge in [-0.05, 0) is 12.1 Å². The van der Waals surface area contributed by atoms with Crippen molar-refractivity contribution in [2.45, 2.75) is 0 Å². The average Bonchev–Trinajstić information content (AvgIpc) is 2.18. The van der Waals surface area contributed by atoms with Gasteiger partial charge in [-0.2, -0.15) is 9.83 Å². The van der Waals surface area contributed by atoms with E-state index in [2.05, 4.69) is 4.98 Å². The summed E-state index contributed by atoms with van der Waals surface area (Å²) in [6.45, 7) is 0. The number of hydrogen-bond donors (Lipinski definition) is 1. The number of hydrogen-bond acceptors (Lipinski definition) is 3. The molecular formula is C9H5N3O2. The van der Waals surface area contributed by atoms with Crippen LogP contribution in [-0.4, -0.2) is 9.55 Å². The molecule has 0 saturated carbocycles. The van der Waals surface area contributed by atoms with Crippen molar-refractivity contribution in [2.75, 3.05) is 0 Å². The van der Waals surface area contributed by atoms with Crippen LogP contribution in [0.15, 0.2) is 33.9 Å². The van der Waals surface area contributed by atoms with Gasteiger partial charge in [0.1, 0.15) is 0 Å². The smallest absolute Gasteiger partial charge is 0.306 e. The van der Waals surface area contributed by atoms with Gasteiger partial charge in [-0.25, -0.2) is 4.79 Å². The zero-order chi connectivity index (χ0) is 10.1. The van der Waals surface area contributed by atoms with Crippen LogP contribution in [0.4, 0.5) is 0 Å². The fourth-order valence-electron chi connectivity index (χ4n) is 1.25. The van der Waals surface area contributed by atoms with Crippen LogP contribution in [0.3, 0.4) is 0 Å². The molecule has 0 radical (unpaired) electrons. The predicted molar refractivity (Wildman–Crippen MR) is 49.8 cm³/mol. The molecule has 0 aliphatic carbocycles. The number of para-hydroxylation sites is 1. The normalized spacial score (nSPS) is 9.93. The first kappa shape index (κ1) is 8.26. The first-order valence-corrected chi connectivity index (χ1v) is 3.88. The standard InChI is InChI=1S/C9H5N3O2/c10-5-12-8(13)6-3-1-2-4-7(6)11-9(12)14/h1-4H,(H,11,14). The third-order valence-electron chi connectivity index (χ3n) is 1.91. The molecule has 0 saturated heterocycles. The van der Waals surface area contributed by atoms with Gasteiger partial charge < -0.3 is 4.98 Å². The number of nitrogens with zero attached hydrogens (tertiary/aromatic N) is 2. The largest absolute Gasteiger partial charge is 0.342 e. The van der Waals surface area contributed by atoms with E-state index in [1.807, 2.05) is 0 Å². The number of aromatic amines is 1. The van der Waals surface area contributed by atoms with Crippen LogP contribution >= 0.6 is 0 Å². The Kier molecular flexibility index (Phi) is 1.68. The lowest BCUT2D eigenvalue weighted by atomic mass is 10.2. The molecule has 68 valence electrons. The lowest BCUT2D eigenvalue weighted by Crippen LogP contribution is -2.32. The fraction of sp³-hybridized carbons (Fsp3) is 0. The van der Waals surface area contributed by atoms with Crippen molar-refractivity contribution < 1.29 is 0 Å². The van der Waals surface area contributed by atoms with Crippen molar-refractivity contribution in [3.05, 3.63) is 45.1 Å². The molecule has 1 aromatic carbocycles. The molecule has 0 unspecified atom stereocenters. The topological polar surface area (TPSA) is 78.7 Å². The summed E-state index contributed by atoms with van der Waals surface area (Å²) in [6.07, 6.45) is 1.52. The van der Waals surface area contributed by atoms with Gasteiger partial charge in [0.15, 0.2) is 6.19 Å². The second kappa shape index (κ2) is 2.85. The van der Waals surface area contributed by atoms with Crippen LogP contribution in [0.5, 0.6) is 0 Å². The average molecular weight is 187 g/mol. The minimum atomic E-state index is -0.712. The maximum atomic E-state index is 11.5. The SMILES string of the molecule is N#Cn1c(=O)[nH]c2ccccc2c1=O. The Labute approximate surface area is 77.8 Å². The molecule has 1 N–H and O–H groups in total. The number of fused-ring (bicyclic) bond motifs is 1. The molecule has 2 rings (SSSR count). The van der Waals surface area contributed by atoms with Crippen LogP contribution in [0.1, 0.15) is 0 Å². The van der Waals surface area contributed by atoms with Crippen molar-refractivity contribution in [2.24, 2.45) is 0 Å². The van der Waals surface area contributed by atoms with E-state index in [-0.39, 0.29) is 0 Å². The summed E-state index contributed by atoms with van der Waals surface area (Å²) in [4.78, 5) is 25.1. The van der Waals surface area contributed by atoms with Crippen molar-refractivity contribution in [3.8, 4) is 6.19 Å². The Morgan fingerprint density at radius 2 is 2.00 bits per heavy atom. The van der Waals surface area contributed by atoms with E-state index in [0.29, 0.717) is 15.5 Å². The Balaban J connectivity index is 3.11. The van der Waals surface area contributed by atoms with Crippen molar-refractivity contribution in [1.82, 2.24) is 9.55 Å². The van der Waals surface area contributed by atoms with E-state index in [0.717, 1.165) is 0 Å². The monoisotopic (exact) mass is 187 g/mol. The molecule has 5 nitrogen and oxygen atoms in total. The number of nitriles is 1. The Hall–Kier alpha value is -2.35. The lowest BCUT2D eigenvalue weighted by Gasteiger charge is -1.96. The van der Waals surface area contributed by atoms with Gasteiger partial charge in [-0.15, -0.1) is 0 Å². The summed E-state index contributed by atoms with van der Waals surface area (Å²) in [5.74, 6) is 0. The molecule has 1 heterocycles. The minimum Gasteiger partial charge on any atom is -0.306 e. The van der Waals surface area contributed by atoms with E-state index in [4.69, 9.17) is 5.26 Å². The van der Waals surface area contributed by atoms with E-state index >= 15 is 0 Å². The van der Waals surface area contributed by atoms with Gasteiger partial charge in [0, 0.05) is 0 Å². The van der Waals surface area contributed by atoms with Crippen molar-refractivity contribution >= 4 is 10.9 Å². The highest BCUT2D eigenvalue weighted by Gasteiger charge is 2.04. The van der Waals surface area contributed by atoms with Crippen LogP contribution in [0.25, 0.3) is 10.9 Å². The van der Waals surface area contributed by atoms with Crippen molar-refractivity contribution in [1.29, 1.82) is 5.26 Å². The molecule has 5 heteroatoms. The maximum Gasteiger partial charge on any atom is 0.342 e. The predicted octanol–water partition coefficient (Wildman–Crippen LogP) is 0.0190. The highest BCUT2D eigenvalue weighted by molar-refractivity contribution is 5.76. The third kappa shape index (κ3) is 1.02. The number of H-pyrrole nitrogens is 1. The molecule has 0 fully saturated rings.